The molecule has 0 aliphatic carbocycles. The van der Waals surface area contributed by atoms with Gasteiger partial charge in [-0.2, -0.15) is 0 Å². The molecule has 11 heteroatoms. The minimum Gasteiger partial charge on any atom is -0.280 e. The highest BCUT2D eigenvalue weighted by Gasteiger charge is 2.41. The fraction of sp³-hybridized carbons (Fsp3) is 0.188. The lowest BCUT2D eigenvalue weighted by Gasteiger charge is -2.16. The molecule has 1 amide bonds. The average Bonchev–Trinajstić information content (AvgIpc) is 2.78. The number of sulfonamides is 2. The summed E-state index contributed by atoms with van der Waals surface area (Å²) in [7, 11) is -7.80. The summed E-state index contributed by atoms with van der Waals surface area (Å²) < 4.78 is 65.2. The molecule has 0 unspecified atom stereocenters. The van der Waals surface area contributed by atoms with Crippen molar-refractivity contribution in [2.75, 3.05) is 14.8 Å². The maximum atomic E-state index is 13.2. The zero-order valence-corrected chi connectivity index (χ0v) is 16.3. The van der Waals surface area contributed by atoms with E-state index in [1.807, 2.05) is 0 Å². The lowest BCUT2D eigenvalue weighted by molar-refractivity contribution is -0.119. The topological polar surface area (TPSA) is 101 Å². The molecule has 3 rings (SSSR count). The van der Waals surface area contributed by atoms with Crippen LogP contribution in [0.25, 0.3) is 0 Å². The minimum absolute atomic E-state index is 0.0631. The van der Waals surface area contributed by atoms with Crippen LogP contribution in [-0.4, -0.2) is 28.5 Å². The third kappa shape index (κ3) is 3.78. The van der Waals surface area contributed by atoms with E-state index in [1.165, 1.54) is 37.3 Å². The second-order valence-corrected chi connectivity index (χ2v) is 9.96. The normalized spacial score (nSPS) is 19.3. The number of anilines is 2. The molecule has 2 aromatic rings. The fourth-order valence-electron chi connectivity index (χ4n) is 2.62. The van der Waals surface area contributed by atoms with Crippen molar-refractivity contribution in [2.45, 2.75) is 11.8 Å². The van der Waals surface area contributed by atoms with Gasteiger partial charge < -0.3 is 0 Å². The summed E-state index contributed by atoms with van der Waals surface area (Å²) in [6.07, 6.45) is 0. The number of amides is 1. The highest BCUT2D eigenvalue weighted by atomic mass is 35.5. The van der Waals surface area contributed by atoms with Crippen molar-refractivity contribution in [3.63, 3.8) is 0 Å². The molecule has 1 atom stereocenters. The largest absolute Gasteiger partial charge is 0.280 e. The quantitative estimate of drug-likeness (QED) is 0.800. The zero-order chi connectivity index (χ0) is 20.0. The number of hydrogen-bond acceptors (Lipinski definition) is 5. The van der Waals surface area contributed by atoms with Gasteiger partial charge in [0.1, 0.15) is 5.82 Å². The standard InChI is InChI=1S/C16H14ClFN2O5S2/c1-10-9-26(22,23)20(16(10)21)12-3-5-13(6-4-12)27(24,25)19-11-2-7-15(18)14(17)8-11/h2-8,10,19H,9H2,1H3/t10-/m1/s1. The molecule has 0 bridgehead atoms. The van der Waals surface area contributed by atoms with Crippen LogP contribution in [0.4, 0.5) is 15.8 Å². The summed E-state index contributed by atoms with van der Waals surface area (Å²) in [5.41, 5.74) is 0.129. The van der Waals surface area contributed by atoms with Gasteiger partial charge in [0.25, 0.3) is 10.0 Å². The third-order valence-electron chi connectivity index (χ3n) is 3.91. The monoisotopic (exact) mass is 432 g/mol. The Hall–Kier alpha value is -2.17. The molecular formula is C16H14ClFN2O5S2. The first kappa shape index (κ1) is 19.6. The van der Waals surface area contributed by atoms with E-state index in [0.29, 0.717) is 4.31 Å². The lowest BCUT2D eigenvalue weighted by atomic mass is 10.2. The predicted molar refractivity (Wildman–Crippen MR) is 99.1 cm³/mol. The molecular weight excluding hydrogens is 419 g/mol. The van der Waals surface area contributed by atoms with Crippen LogP contribution in [0.5, 0.6) is 0 Å². The highest BCUT2D eigenvalue weighted by Crippen LogP contribution is 2.29. The van der Waals surface area contributed by atoms with Gasteiger partial charge in [0.2, 0.25) is 15.9 Å². The SMILES string of the molecule is C[C@@H]1CS(=O)(=O)N(c2ccc(S(=O)(=O)Nc3ccc(F)c(Cl)c3)cc2)C1=O. The third-order valence-corrected chi connectivity index (χ3v) is 7.47. The second kappa shape index (κ2) is 6.77. The second-order valence-electron chi connectivity index (χ2n) is 6.01. The van der Waals surface area contributed by atoms with Crippen LogP contribution < -0.4 is 9.03 Å². The van der Waals surface area contributed by atoms with Gasteiger partial charge in [-0.25, -0.2) is 25.5 Å². The number of carbonyl (C=O) groups excluding carboxylic acids is 1. The Morgan fingerprint density at radius 1 is 1.19 bits per heavy atom. The molecule has 1 saturated heterocycles. The van der Waals surface area contributed by atoms with Gasteiger partial charge >= 0.3 is 0 Å². The van der Waals surface area contributed by atoms with Crippen molar-refractivity contribution in [1.29, 1.82) is 0 Å². The number of rotatable bonds is 4. The first-order valence-electron chi connectivity index (χ1n) is 7.66. The van der Waals surface area contributed by atoms with E-state index in [2.05, 4.69) is 4.72 Å². The summed E-state index contributed by atoms with van der Waals surface area (Å²) in [5.74, 6) is -2.21. The molecule has 7 nitrogen and oxygen atoms in total. The van der Waals surface area contributed by atoms with E-state index in [-0.39, 0.29) is 27.0 Å². The van der Waals surface area contributed by atoms with Crippen LogP contribution in [0, 0.1) is 11.7 Å². The zero-order valence-electron chi connectivity index (χ0n) is 13.9. The number of carbonyl (C=O) groups is 1. The van der Waals surface area contributed by atoms with Gasteiger partial charge in [-0.15, -0.1) is 0 Å². The molecule has 27 heavy (non-hydrogen) atoms. The smallest absolute Gasteiger partial charge is 0.261 e. The van der Waals surface area contributed by atoms with E-state index >= 15 is 0 Å². The molecule has 0 saturated carbocycles. The van der Waals surface area contributed by atoms with Crippen LogP contribution in [0.15, 0.2) is 47.4 Å². The van der Waals surface area contributed by atoms with Gasteiger partial charge in [0.05, 0.1) is 33.0 Å². The maximum Gasteiger partial charge on any atom is 0.261 e. The number of hydrogen-bond donors (Lipinski definition) is 1. The van der Waals surface area contributed by atoms with Crippen LogP contribution in [-0.2, 0) is 24.8 Å². The number of halogens is 2. The van der Waals surface area contributed by atoms with E-state index < -0.39 is 37.7 Å². The van der Waals surface area contributed by atoms with Gasteiger partial charge in [0, 0.05) is 0 Å². The Bertz CT molecular complexity index is 1120. The van der Waals surface area contributed by atoms with Crippen molar-refractivity contribution in [3.05, 3.63) is 53.3 Å². The van der Waals surface area contributed by atoms with Crippen molar-refractivity contribution in [3.8, 4) is 0 Å². The summed E-state index contributed by atoms with van der Waals surface area (Å²) in [6, 6.07) is 8.18. The molecule has 0 radical (unpaired) electrons. The molecule has 2 aromatic carbocycles. The van der Waals surface area contributed by atoms with E-state index in [9.17, 15) is 26.0 Å². The molecule has 0 spiro atoms. The maximum absolute atomic E-state index is 13.2. The van der Waals surface area contributed by atoms with Crippen molar-refractivity contribution >= 4 is 48.9 Å². The minimum atomic E-state index is -4.02. The predicted octanol–water partition coefficient (Wildman–Crippen LogP) is 2.59. The highest BCUT2D eigenvalue weighted by molar-refractivity contribution is 7.94. The van der Waals surface area contributed by atoms with Gasteiger partial charge in [0.15, 0.2) is 0 Å². The van der Waals surface area contributed by atoms with Crippen LogP contribution in [0.1, 0.15) is 6.92 Å². The molecule has 1 aliphatic rings. The fourth-order valence-corrected chi connectivity index (χ4v) is 5.67. The summed E-state index contributed by atoms with van der Waals surface area (Å²) in [4.78, 5) is 11.9. The summed E-state index contributed by atoms with van der Waals surface area (Å²) in [5, 5.41) is -0.238. The molecule has 1 heterocycles. The van der Waals surface area contributed by atoms with Crippen LogP contribution >= 0.6 is 11.6 Å². The van der Waals surface area contributed by atoms with Crippen molar-refractivity contribution in [1.82, 2.24) is 0 Å². The van der Waals surface area contributed by atoms with Crippen molar-refractivity contribution < 1.29 is 26.0 Å². The Morgan fingerprint density at radius 2 is 1.81 bits per heavy atom. The van der Waals surface area contributed by atoms with Gasteiger partial charge in [-0.05, 0) is 42.5 Å². The first-order valence-corrected chi connectivity index (χ1v) is 11.1. The first-order chi connectivity index (χ1) is 12.5. The Labute approximate surface area is 160 Å². The Balaban J connectivity index is 1.88. The van der Waals surface area contributed by atoms with Crippen LogP contribution in [0.2, 0.25) is 5.02 Å². The van der Waals surface area contributed by atoms with E-state index in [1.54, 1.807) is 0 Å². The Kier molecular flexibility index (Phi) is 4.91. The van der Waals surface area contributed by atoms with E-state index in [4.69, 9.17) is 11.6 Å². The summed E-state index contributed by atoms with van der Waals surface area (Å²) in [6.45, 7) is 1.51. The summed E-state index contributed by atoms with van der Waals surface area (Å²) >= 11 is 5.63. The molecule has 144 valence electrons. The van der Waals surface area contributed by atoms with Gasteiger partial charge in [-0.3, -0.25) is 9.52 Å². The number of nitrogens with zero attached hydrogens (tertiary/aromatic N) is 1. The molecule has 1 fully saturated rings. The molecule has 1 aliphatic heterocycles. The van der Waals surface area contributed by atoms with E-state index in [0.717, 1.165) is 12.1 Å². The number of nitrogens with one attached hydrogen (secondary N) is 1. The average molecular weight is 433 g/mol. The lowest BCUT2D eigenvalue weighted by Crippen LogP contribution is -2.30. The van der Waals surface area contributed by atoms with Gasteiger partial charge in [-0.1, -0.05) is 18.5 Å². The Morgan fingerprint density at radius 3 is 2.33 bits per heavy atom. The molecule has 1 N–H and O–H groups in total. The molecule has 0 aromatic heterocycles. The number of benzene rings is 2. The van der Waals surface area contributed by atoms with Crippen LogP contribution in [0.3, 0.4) is 0 Å². The van der Waals surface area contributed by atoms with Crippen molar-refractivity contribution in [2.24, 2.45) is 5.92 Å².